The highest BCUT2D eigenvalue weighted by atomic mass is 79.9. The fourth-order valence-electron chi connectivity index (χ4n) is 1.80. The van der Waals surface area contributed by atoms with Crippen LogP contribution in [0.3, 0.4) is 0 Å². The lowest BCUT2D eigenvalue weighted by atomic mass is 9.99. The number of halogens is 3. The van der Waals surface area contributed by atoms with Gasteiger partial charge in [-0.3, -0.25) is 0 Å². The number of rotatable bonds is 2. The molecule has 1 unspecified atom stereocenters. The first kappa shape index (κ1) is 14.1. The van der Waals surface area contributed by atoms with Crippen molar-refractivity contribution in [2.45, 2.75) is 13.0 Å². The molecular weight excluding hydrogens is 377 g/mol. The molecule has 0 aliphatic carbocycles. The molecule has 2 rings (SSSR count). The van der Waals surface area contributed by atoms with Gasteiger partial charge in [-0.25, -0.2) is 0 Å². The summed E-state index contributed by atoms with van der Waals surface area (Å²) in [5, 5.41) is 0.703. The lowest BCUT2D eigenvalue weighted by Crippen LogP contribution is -2.13. The minimum absolute atomic E-state index is 0.245. The Kier molecular flexibility index (Phi) is 4.49. The van der Waals surface area contributed by atoms with E-state index >= 15 is 0 Å². The summed E-state index contributed by atoms with van der Waals surface area (Å²) < 4.78 is 1.98. The van der Waals surface area contributed by atoms with Gasteiger partial charge in [0.25, 0.3) is 0 Å². The van der Waals surface area contributed by atoms with Gasteiger partial charge < -0.3 is 5.73 Å². The molecule has 0 radical (unpaired) electrons. The average Bonchev–Trinajstić information content (AvgIpc) is 2.31. The van der Waals surface area contributed by atoms with E-state index in [9.17, 15) is 0 Å². The number of hydrogen-bond acceptors (Lipinski definition) is 1. The van der Waals surface area contributed by atoms with Gasteiger partial charge in [0, 0.05) is 14.0 Å². The first-order chi connectivity index (χ1) is 8.49. The molecule has 4 heteroatoms. The van der Waals surface area contributed by atoms with Crippen LogP contribution in [0.5, 0.6) is 0 Å². The highest BCUT2D eigenvalue weighted by molar-refractivity contribution is 9.11. The van der Waals surface area contributed by atoms with Crippen LogP contribution in [-0.4, -0.2) is 0 Å². The topological polar surface area (TPSA) is 26.0 Å². The van der Waals surface area contributed by atoms with Crippen molar-refractivity contribution in [3.8, 4) is 0 Å². The molecule has 0 amide bonds. The summed E-state index contributed by atoms with van der Waals surface area (Å²) in [6.07, 6.45) is 0. The van der Waals surface area contributed by atoms with Crippen LogP contribution in [0.15, 0.2) is 45.3 Å². The maximum Gasteiger partial charge on any atom is 0.0578 e. The number of benzene rings is 2. The van der Waals surface area contributed by atoms with Gasteiger partial charge in [0.15, 0.2) is 0 Å². The molecule has 18 heavy (non-hydrogen) atoms. The Bertz CT molecular complexity index is 584. The zero-order valence-electron chi connectivity index (χ0n) is 9.75. The Morgan fingerprint density at radius 2 is 1.78 bits per heavy atom. The summed E-state index contributed by atoms with van der Waals surface area (Å²) in [5.41, 5.74) is 9.37. The highest BCUT2D eigenvalue weighted by Crippen LogP contribution is 2.32. The number of nitrogens with two attached hydrogens (primary N) is 1. The molecule has 0 heterocycles. The monoisotopic (exact) mass is 387 g/mol. The maximum atomic E-state index is 6.30. The summed E-state index contributed by atoms with van der Waals surface area (Å²) in [6.45, 7) is 2.01. The lowest BCUT2D eigenvalue weighted by molar-refractivity contribution is 0.864. The standard InChI is InChI=1S/C14H12Br2ClN/c1-8-2-4-10(13(17)6-8)14(18)11-7-9(15)3-5-12(11)16/h2-7,14H,18H2,1H3. The van der Waals surface area contributed by atoms with E-state index < -0.39 is 0 Å². The average molecular weight is 390 g/mol. The number of hydrogen-bond donors (Lipinski definition) is 1. The zero-order valence-corrected chi connectivity index (χ0v) is 13.7. The summed E-state index contributed by atoms with van der Waals surface area (Å²) in [6, 6.07) is 11.6. The van der Waals surface area contributed by atoms with Crippen LogP contribution in [0.1, 0.15) is 22.7 Å². The highest BCUT2D eigenvalue weighted by Gasteiger charge is 2.15. The molecule has 0 aliphatic heterocycles. The molecule has 0 spiro atoms. The van der Waals surface area contributed by atoms with Crippen molar-refractivity contribution >= 4 is 43.5 Å². The van der Waals surface area contributed by atoms with Gasteiger partial charge in [0.1, 0.15) is 0 Å². The molecule has 0 bridgehead atoms. The van der Waals surface area contributed by atoms with E-state index in [4.69, 9.17) is 17.3 Å². The third kappa shape index (κ3) is 2.97. The van der Waals surface area contributed by atoms with Crippen molar-refractivity contribution in [1.82, 2.24) is 0 Å². The van der Waals surface area contributed by atoms with Crippen molar-refractivity contribution < 1.29 is 0 Å². The van der Waals surface area contributed by atoms with Crippen molar-refractivity contribution in [3.05, 3.63) is 67.1 Å². The van der Waals surface area contributed by atoms with Crippen molar-refractivity contribution in [3.63, 3.8) is 0 Å². The van der Waals surface area contributed by atoms with Gasteiger partial charge in [-0.2, -0.15) is 0 Å². The second-order valence-electron chi connectivity index (χ2n) is 4.17. The largest absolute Gasteiger partial charge is 0.320 e. The molecule has 94 valence electrons. The van der Waals surface area contributed by atoms with Crippen LogP contribution < -0.4 is 5.73 Å². The summed E-state index contributed by atoms with van der Waals surface area (Å²) in [4.78, 5) is 0. The van der Waals surface area contributed by atoms with Gasteiger partial charge in [-0.05, 0) is 47.9 Å². The van der Waals surface area contributed by atoms with Crippen LogP contribution in [-0.2, 0) is 0 Å². The Hall–Kier alpha value is -0.350. The third-order valence-electron chi connectivity index (χ3n) is 2.78. The van der Waals surface area contributed by atoms with Gasteiger partial charge in [0.05, 0.1) is 6.04 Å². The Morgan fingerprint density at radius 3 is 2.44 bits per heavy atom. The van der Waals surface area contributed by atoms with E-state index in [0.29, 0.717) is 5.02 Å². The number of aryl methyl sites for hydroxylation is 1. The van der Waals surface area contributed by atoms with Crippen LogP contribution in [0.25, 0.3) is 0 Å². The predicted octanol–water partition coefficient (Wildman–Crippen LogP) is 5.22. The van der Waals surface area contributed by atoms with E-state index in [0.717, 1.165) is 25.6 Å². The normalized spacial score (nSPS) is 12.5. The molecule has 0 saturated heterocycles. The summed E-state index contributed by atoms with van der Waals surface area (Å²) >= 11 is 13.2. The first-order valence-electron chi connectivity index (χ1n) is 5.45. The fraction of sp³-hybridized carbons (Fsp3) is 0.143. The molecule has 0 fully saturated rings. The van der Waals surface area contributed by atoms with E-state index in [1.807, 2.05) is 43.3 Å². The maximum absolute atomic E-state index is 6.30. The quantitative estimate of drug-likeness (QED) is 0.749. The van der Waals surface area contributed by atoms with Crippen molar-refractivity contribution in [1.29, 1.82) is 0 Å². The van der Waals surface area contributed by atoms with E-state index in [2.05, 4.69) is 31.9 Å². The van der Waals surface area contributed by atoms with Crippen molar-refractivity contribution in [2.75, 3.05) is 0 Å². The molecule has 2 aromatic carbocycles. The zero-order chi connectivity index (χ0) is 13.3. The summed E-state index contributed by atoms with van der Waals surface area (Å²) in [7, 11) is 0. The van der Waals surface area contributed by atoms with E-state index in [1.165, 1.54) is 0 Å². The van der Waals surface area contributed by atoms with Crippen LogP contribution >= 0.6 is 43.5 Å². The first-order valence-corrected chi connectivity index (χ1v) is 7.42. The van der Waals surface area contributed by atoms with Gasteiger partial charge in [-0.15, -0.1) is 0 Å². The molecule has 1 nitrogen and oxygen atoms in total. The van der Waals surface area contributed by atoms with Crippen LogP contribution in [0.4, 0.5) is 0 Å². The molecular formula is C14H12Br2ClN. The van der Waals surface area contributed by atoms with Crippen LogP contribution in [0.2, 0.25) is 5.02 Å². The summed E-state index contributed by atoms with van der Waals surface area (Å²) in [5.74, 6) is 0. The molecule has 2 N–H and O–H groups in total. The van der Waals surface area contributed by atoms with Crippen LogP contribution in [0, 0.1) is 6.92 Å². The third-order valence-corrected chi connectivity index (χ3v) is 4.33. The van der Waals surface area contributed by atoms with Crippen molar-refractivity contribution in [2.24, 2.45) is 5.73 Å². The Morgan fingerprint density at radius 1 is 1.06 bits per heavy atom. The predicted molar refractivity (Wildman–Crippen MR) is 84.1 cm³/mol. The molecule has 0 saturated carbocycles. The van der Waals surface area contributed by atoms with E-state index in [-0.39, 0.29) is 6.04 Å². The Balaban J connectivity index is 2.47. The molecule has 0 aromatic heterocycles. The SMILES string of the molecule is Cc1ccc(C(N)c2cc(Br)ccc2Br)c(Cl)c1. The Labute approximate surface area is 129 Å². The smallest absolute Gasteiger partial charge is 0.0578 e. The molecule has 2 aromatic rings. The van der Waals surface area contributed by atoms with Gasteiger partial charge in [-0.1, -0.05) is 55.6 Å². The van der Waals surface area contributed by atoms with Gasteiger partial charge >= 0.3 is 0 Å². The molecule has 0 aliphatic rings. The minimum Gasteiger partial charge on any atom is -0.320 e. The second kappa shape index (κ2) is 5.74. The fourth-order valence-corrected chi connectivity index (χ4v) is 3.03. The van der Waals surface area contributed by atoms with E-state index in [1.54, 1.807) is 0 Å². The van der Waals surface area contributed by atoms with Gasteiger partial charge in [0.2, 0.25) is 0 Å². The second-order valence-corrected chi connectivity index (χ2v) is 6.35. The lowest BCUT2D eigenvalue weighted by Gasteiger charge is -2.16. The minimum atomic E-state index is -0.245. The molecule has 1 atom stereocenters.